The second kappa shape index (κ2) is 6.80. The monoisotopic (exact) mass is 292 g/mol. The Morgan fingerprint density at radius 2 is 1.45 bits per heavy atom. The second-order valence-corrected chi connectivity index (χ2v) is 12.2. The van der Waals surface area contributed by atoms with Crippen molar-refractivity contribution < 1.29 is 4.43 Å². The summed E-state index contributed by atoms with van der Waals surface area (Å²) >= 11 is 0. The molecule has 0 aliphatic carbocycles. The van der Waals surface area contributed by atoms with Gasteiger partial charge in [0.2, 0.25) is 0 Å². The van der Waals surface area contributed by atoms with E-state index < -0.39 is 8.32 Å². The van der Waals surface area contributed by atoms with Gasteiger partial charge in [0.15, 0.2) is 0 Å². The Morgan fingerprint density at radius 3 is 1.85 bits per heavy atom. The summed E-state index contributed by atoms with van der Waals surface area (Å²) in [6.07, 6.45) is 1.07. The van der Waals surface area contributed by atoms with Crippen molar-refractivity contribution in [2.24, 2.45) is 0 Å². The fraction of sp³-hybridized carbons (Fsp3) is 0.667. The largest absolute Gasteiger partial charge is 0.543 e. The Kier molecular flexibility index (Phi) is 5.87. The van der Waals surface area contributed by atoms with E-state index in [1.807, 2.05) is 0 Å². The smallest absolute Gasteiger partial charge is 0.258 e. The zero-order valence-corrected chi connectivity index (χ0v) is 15.6. The molecular formula is C18H32OSi. The summed E-state index contributed by atoms with van der Waals surface area (Å²) in [7, 11) is -1.84. The van der Waals surface area contributed by atoms with Crippen LogP contribution in [0.5, 0.6) is 5.75 Å². The lowest BCUT2D eigenvalue weighted by molar-refractivity contribution is 0.476. The lowest BCUT2D eigenvalue weighted by Crippen LogP contribution is -2.50. The minimum Gasteiger partial charge on any atom is -0.543 e. The average molecular weight is 293 g/mol. The maximum absolute atomic E-state index is 6.80. The number of aryl methyl sites for hydroxylation is 1. The highest BCUT2D eigenvalue weighted by molar-refractivity contribution is 6.78. The molecule has 2 heteroatoms. The molecule has 114 valence electrons. The van der Waals surface area contributed by atoms with Gasteiger partial charge in [0.05, 0.1) is 0 Å². The van der Waals surface area contributed by atoms with E-state index in [2.05, 4.69) is 73.6 Å². The molecule has 1 rings (SSSR count). The van der Waals surface area contributed by atoms with Gasteiger partial charge in [-0.1, -0.05) is 60.6 Å². The molecule has 0 amide bonds. The molecule has 0 saturated carbocycles. The van der Waals surface area contributed by atoms with Crippen molar-refractivity contribution in [3.8, 4) is 5.75 Å². The molecule has 0 atom stereocenters. The third-order valence-corrected chi connectivity index (χ3v) is 10.8. The minimum absolute atomic E-state index is 0.618. The van der Waals surface area contributed by atoms with Crippen molar-refractivity contribution >= 4 is 8.32 Å². The lowest BCUT2D eigenvalue weighted by Gasteiger charge is -2.42. The third-order valence-electron chi connectivity index (χ3n) is 4.77. The zero-order valence-electron chi connectivity index (χ0n) is 14.6. The summed E-state index contributed by atoms with van der Waals surface area (Å²) in [6.45, 7) is 18.4. The molecule has 0 bridgehead atoms. The normalized spacial score (nSPS) is 12.6. The van der Waals surface area contributed by atoms with Crippen molar-refractivity contribution in [2.45, 2.75) is 78.4 Å². The Balaban J connectivity index is 3.27. The van der Waals surface area contributed by atoms with E-state index in [-0.39, 0.29) is 0 Å². The molecule has 1 nitrogen and oxygen atoms in total. The molecule has 0 radical (unpaired) electrons. The first-order valence-corrected chi connectivity index (χ1v) is 10.2. The van der Waals surface area contributed by atoms with E-state index in [9.17, 15) is 0 Å². The molecule has 1 aromatic carbocycles. The molecule has 0 unspecified atom stereocenters. The topological polar surface area (TPSA) is 9.23 Å². The number of rotatable bonds is 6. The lowest BCUT2D eigenvalue weighted by atomic mass is 10.1. The van der Waals surface area contributed by atoms with Gasteiger partial charge in [-0.15, -0.1) is 0 Å². The van der Waals surface area contributed by atoms with E-state index in [1.165, 1.54) is 11.1 Å². The van der Waals surface area contributed by atoms with Gasteiger partial charge in [-0.25, -0.2) is 0 Å². The zero-order chi connectivity index (χ0) is 15.5. The fourth-order valence-corrected chi connectivity index (χ4v) is 9.01. The van der Waals surface area contributed by atoms with Gasteiger partial charge in [0.25, 0.3) is 8.32 Å². The summed E-state index contributed by atoms with van der Waals surface area (Å²) in [4.78, 5) is 0. The summed E-state index contributed by atoms with van der Waals surface area (Å²) < 4.78 is 6.80. The Bertz CT molecular complexity index is 413. The number of hydrogen-bond donors (Lipinski definition) is 0. The minimum atomic E-state index is -1.84. The molecule has 0 saturated heterocycles. The summed E-state index contributed by atoms with van der Waals surface area (Å²) in [5, 5.41) is 0. The molecule has 0 N–H and O–H groups in total. The molecule has 0 aromatic heterocycles. The van der Waals surface area contributed by atoms with Gasteiger partial charge in [0, 0.05) is 0 Å². The van der Waals surface area contributed by atoms with Gasteiger partial charge in [-0.05, 0) is 47.2 Å². The van der Waals surface area contributed by atoms with E-state index in [0.717, 1.165) is 12.2 Å². The van der Waals surface area contributed by atoms with Gasteiger partial charge in [0.1, 0.15) is 5.75 Å². The quantitative estimate of drug-likeness (QED) is 0.575. The first-order chi connectivity index (χ1) is 9.27. The Morgan fingerprint density at radius 1 is 0.950 bits per heavy atom. The van der Waals surface area contributed by atoms with Crippen LogP contribution in [-0.4, -0.2) is 8.32 Å². The highest BCUT2D eigenvalue weighted by Gasteiger charge is 2.47. The molecule has 20 heavy (non-hydrogen) atoms. The van der Waals surface area contributed by atoms with Crippen LogP contribution >= 0.6 is 0 Å². The van der Waals surface area contributed by atoms with Gasteiger partial charge >= 0.3 is 0 Å². The standard InChI is InChI=1S/C18H32OSi/c1-9-17-11-10-12-18(16(17)8)19-20(13(2)3,14(4)5)15(6)7/h10-15H,9H2,1-8H3. The Hall–Kier alpha value is -0.763. The van der Waals surface area contributed by atoms with Crippen LogP contribution in [0.4, 0.5) is 0 Å². The molecule has 0 aliphatic heterocycles. The van der Waals surface area contributed by atoms with E-state index in [0.29, 0.717) is 16.6 Å². The Labute approximate surface area is 126 Å². The van der Waals surface area contributed by atoms with Crippen LogP contribution in [0.25, 0.3) is 0 Å². The van der Waals surface area contributed by atoms with Crippen LogP contribution in [-0.2, 0) is 6.42 Å². The van der Waals surface area contributed by atoms with E-state index >= 15 is 0 Å². The van der Waals surface area contributed by atoms with Crippen LogP contribution in [0.2, 0.25) is 16.6 Å². The van der Waals surface area contributed by atoms with Crippen molar-refractivity contribution in [2.75, 3.05) is 0 Å². The first kappa shape index (κ1) is 17.3. The highest BCUT2D eigenvalue weighted by Crippen LogP contribution is 2.43. The SMILES string of the molecule is CCc1cccc(O[Si](C(C)C)(C(C)C)C(C)C)c1C. The van der Waals surface area contributed by atoms with Gasteiger partial charge in [-0.3, -0.25) is 0 Å². The van der Waals surface area contributed by atoms with Crippen LogP contribution < -0.4 is 4.43 Å². The third kappa shape index (κ3) is 3.11. The first-order valence-electron chi connectivity index (χ1n) is 8.04. The summed E-state index contributed by atoms with van der Waals surface area (Å²) in [5.74, 6) is 1.12. The number of benzene rings is 1. The predicted octanol–water partition coefficient (Wildman–Crippen LogP) is 6.11. The molecular weight excluding hydrogens is 260 g/mol. The van der Waals surface area contributed by atoms with Crippen molar-refractivity contribution in [3.05, 3.63) is 29.3 Å². The van der Waals surface area contributed by atoms with Crippen LogP contribution in [0.1, 0.15) is 59.6 Å². The molecule has 0 aliphatic rings. The molecule has 0 heterocycles. The van der Waals surface area contributed by atoms with E-state index in [4.69, 9.17) is 4.43 Å². The van der Waals surface area contributed by atoms with Crippen molar-refractivity contribution in [3.63, 3.8) is 0 Å². The second-order valence-electron chi connectivity index (χ2n) is 6.81. The van der Waals surface area contributed by atoms with Crippen LogP contribution in [0.3, 0.4) is 0 Å². The summed E-state index contributed by atoms with van der Waals surface area (Å²) in [5.41, 5.74) is 4.59. The molecule has 0 fully saturated rings. The van der Waals surface area contributed by atoms with Gasteiger partial charge in [-0.2, -0.15) is 0 Å². The predicted molar refractivity (Wildman–Crippen MR) is 92.2 cm³/mol. The van der Waals surface area contributed by atoms with E-state index in [1.54, 1.807) is 0 Å². The summed E-state index contributed by atoms with van der Waals surface area (Å²) in [6, 6.07) is 6.51. The maximum Gasteiger partial charge on any atom is 0.258 e. The maximum atomic E-state index is 6.80. The fourth-order valence-electron chi connectivity index (χ4n) is 3.70. The molecule has 1 aromatic rings. The molecule has 0 spiro atoms. The van der Waals surface area contributed by atoms with Crippen LogP contribution in [0.15, 0.2) is 18.2 Å². The number of hydrogen-bond acceptors (Lipinski definition) is 1. The highest BCUT2D eigenvalue weighted by atomic mass is 28.4. The average Bonchev–Trinajstić information content (AvgIpc) is 2.36. The van der Waals surface area contributed by atoms with Gasteiger partial charge < -0.3 is 4.43 Å². The van der Waals surface area contributed by atoms with Crippen molar-refractivity contribution in [1.29, 1.82) is 0 Å². The van der Waals surface area contributed by atoms with Crippen LogP contribution in [0, 0.1) is 6.92 Å². The van der Waals surface area contributed by atoms with Crippen molar-refractivity contribution in [1.82, 2.24) is 0 Å².